The summed E-state index contributed by atoms with van der Waals surface area (Å²) < 4.78 is 6.01. The number of aryl methyl sites for hydroxylation is 1. The first-order valence-electron chi connectivity index (χ1n) is 10.8. The smallest absolute Gasteiger partial charge is 0.256 e. The molecule has 2 aromatic rings. The quantitative estimate of drug-likeness (QED) is 0.741. The lowest BCUT2D eigenvalue weighted by Gasteiger charge is -2.26. The van der Waals surface area contributed by atoms with Gasteiger partial charge in [0.2, 0.25) is 5.91 Å². The molecule has 31 heavy (non-hydrogen) atoms. The average Bonchev–Trinajstić information content (AvgIpc) is 3.46. The number of morpholine rings is 1. The van der Waals surface area contributed by atoms with Gasteiger partial charge in [-0.3, -0.25) is 9.59 Å². The number of ether oxygens (including phenoxy) is 1. The van der Waals surface area contributed by atoms with E-state index >= 15 is 0 Å². The summed E-state index contributed by atoms with van der Waals surface area (Å²) >= 11 is 1.40. The second-order valence-corrected chi connectivity index (χ2v) is 9.62. The molecule has 1 saturated heterocycles. The number of fused-ring (bicyclic) bond motifs is 1. The molecule has 0 radical (unpaired) electrons. The molecular formula is C22H27N5O3S. The normalized spacial score (nSPS) is 21.8. The van der Waals surface area contributed by atoms with Crippen LogP contribution in [0.25, 0.3) is 10.6 Å². The molecule has 2 N–H and O–H groups in total. The van der Waals surface area contributed by atoms with Crippen LogP contribution in [0.15, 0.2) is 6.07 Å². The summed E-state index contributed by atoms with van der Waals surface area (Å²) in [5.74, 6) is 0.517. The minimum absolute atomic E-state index is 0.0672. The summed E-state index contributed by atoms with van der Waals surface area (Å²) in [6.45, 7) is 8.16. The number of anilines is 1. The molecule has 5 rings (SSSR count). The summed E-state index contributed by atoms with van der Waals surface area (Å²) in [6, 6.07) is 2.25. The van der Waals surface area contributed by atoms with Crippen molar-refractivity contribution in [1.82, 2.24) is 20.2 Å². The standard InChI is InChI=1S/C22H27N5O3S/c1-11-20(31-22(24-11)25-13(3)28)16-8-15-10-27(12(2)14-4-5-14)21(29)18(15)19(26-16)17-9-23-6-7-30-17/h8,12,14,17,23H,4-7,9-10H2,1-3H3,(H,24,25,28)/t12?,17-/m0/s1. The second-order valence-electron chi connectivity index (χ2n) is 8.62. The number of hydrogen-bond acceptors (Lipinski definition) is 7. The number of carbonyl (C=O) groups excluding carboxylic acids is 2. The van der Waals surface area contributed by atoms with E-state index in [4.69, 9.17) is 9.72 Å². The van der Waals surface area contributed by atoms with E-state index < -0.39 is 0 Å². The number of nitrogens with zero attached hydrogens (tertiary/aromatic N) is 3. The maximum Gasteiger partial charge on any atom is 0.256 e. The summed E-state index contributed by atoms with van der Waals surface area (Å²) in [4.78, 5) is 37.2. The maximum absolute atomic E-state index is 13.4. The Hall–Kier alpha value is -2.36. The number of amides is 2. The van der Waals surface area contributed by atoms with Gasteiger partial charge in [-0.25, -0.2) is 9.97 Å². The topological polar surface area (TPSA) is 96.5 Å². The van der Waals surface area contributed by atoms with Crippen molar-refractivity contribution in [2.75, 3.05) is 25.0 Å². The van der Waals surface area contributed by atoms with Gasteiger partial charge in [-0.1, -0.05) is 11.3 Å². The molecule has 4 heterocycles. The van der Waals surface area contributed by atoms with Gasteiger partial charge in [0, 0.05) is 32.6 Å². The Morgan fingerprint density at radius 3 is 2.87 bits per heavy atom. The zero-order valence-electron chi connectivity index (χ0n) is 18.0. The Bertz CT molecular complexity index is 1040. The number of nitrogens with one attached hydrogen (secondary N) is 2. The van der Waals surface area contributed by atoms with Crippen molar-refractivity contribution in [3.8, 4) is 10.6 Å². The van der Waals surface area contributed by atoms with Crippen LogP contribution < -0.4 is 10.6 Å². The summed E-state index contributed by atoms with van der Waals surface area (Å²) in [5, 5.41) is 6.66. The molecule has 8 nitrogen and oxygen atoms in total. The van der Waals surface area contributed by atoms with E-state index in [0.29, 0.717) is 42.0 Å². The van der Waals surface area contributed by atoms with E-state index in [9.17, 15) is 9.59 Å². The molecule has 0 spiro atoms. The largest absolute Gasteiger partial charge is 0.369 e. The van der Waals surface area contributed by atoms with Gasteiger partial charge in [0.25, 0.3) is 5.91 Å². The van der Waals surface area contributed by atoms with Crippen LogP contribution in [0.2, 0.25) is 0 Å². The molecule has 2 fully saturated rings. The van der Waals surface area contributed by atoms with Gasteiger partial charge in [0.1, 0.15) is 6.10 Å². The number of carbonyl (C=O) groups is 2. The summed E-state index contributed by atoms with van der Waals surface area (Å²) in [5.41, 5.74) is 4.00. The number of rotatable bonds is 5. The van der Waals surface area contributed by atoms with Gasteiger partial charge in [0.15, 0.2) is 5.13 Å². The minimum atomic E-state index is -0.259. The molecular weight excluding hydrogens is 414 g/mol. The summed E-state index contributed by atoms with van der Waals surface area (Å²) in [6.07, 6.45) is 2.13. The van der Waals surface area contributed by atoms with Gasteiger partial charge in [-0.15, -0.1) is 0 Å². The molecule has 2 aliphatic heterocycles. The predicted molar refractivity (Wildman–Crippen MR) is 118 cm³/mol. The highest BCUT2D eigenvalue weighted by molar-refractivity contribution is 7.19. The van der Waals surface area contributed by atoms with E-state index in [2.05, 4.69) is 22.5 Å². The van der Waals surface area contributed by atoms with Crippen molar-refractivity contribution in [2.24, 2.45) is 5.92 Å². The Morgan fingerprint density at radius 2 is 2.19 bits per heavy atom. The molecule has 2 amide bonds. The fourth-order valence-electron chi connectivity index (χ4n) is 4.48. The first-order valence-corrected chi connectivity index (χ1v) is 11.7. The highest BCUT2D eigenvalue weighted by Gasteiger charge is 2.41. The van der Waals surface area contributed by atoms with Crippen molar-refractivity contribution in [2.45, 2.75) is 52.3 Å². The van der Waals surface area contributed by atoms with E-state index in [0.717, 1.165) is 28.4 Å². The zero-order chi connectivity index (χ0) is 21.7. The Kier molecular flexibility index (Phi) is 5.27. The first-order chi connectivity index (χ1) is 14.9. The third-order valence-electron chi connectivity index (χ3n) is 6.29. The molecule has 2 atom stereocenters. The van der Waals surface area contributed by atoms with Gasteiger partial charge >= 0.3 is 0 Å². The Balaban J connectivity index is 1.57. The van der Waals surface area contributed by atoms with Crippen LogP contribution in [0.4, 0.5) is 5.13 Å². The van der Waals surface area contributed by atoms with Crippen molar-refractivity contribution in [3.63, 3.8) is 0 Å². The van der Waals surface area contributed by atoms with Crippen molar-refractivity contribution in [1.29, 1.82) is 0 Å². The lowest BCUT2D eigenvalue weighted by Crippen LogP contribution is -2.36. The molecule has 0 aromatic carbocycles. The fraction of sp³-hybridized carbons (Fsp3) is 0.545. The molecule has 164 valence electrons. The lowest BCUT2D eigenvalue weighted by molar-refractivity contribution is -0.114. The number of pyridine rings is 1. The lowest BCUT2D eigenvalue weighted by atomic mass is 10.0. The maximum atomic E-state index is 13.4. The predicted octanol–water partition coefficient (Wildman–Crippen LogP) is 2.89. The summed E-state index contributed by atoms with van der Waals surface area (Å²) in [7, 11) is 0. The number of aromatic nitrogens is 2. The van der Waals surface area contributed by atoms with E-state index in [-0.39, 0.29) is 24.0 Å². The molecule has 2 aromatic heterocycles. The zero-order valence-corrected chi connectivity index (χ0v) is 18.8. The van der Waals surface area contributed by atoms with E-state index in [1.54, 1.807) is 0 Å². The van der Waals surface area contributed by atoms with Crippen LogP contribution in [-0.4, -0.2) is 52.4 Å². The van der Waals surface area contributed by atoms with Crippen LogP contribution in [0.5, 0.6) is 0 Å². The molecule has 1 aliphatic carbocycles. The third kappa shape index (κ3) is 3.86. The third-order valence-corrected chi connectivity index (χ3v) is 7.38. The molecule has 0 bridgehead atoms. The second kappa shape index (κ2) is 7.96. The van der Waals surface area contributed by atoms with Crippen LogP contribution >= 0.6 is 11.3 Å². The van der Waals surface area contributed by atoms with Crippen molar-refractivity contribution < 1.29 is 14.3 Å². The highest BCUT2D eigenvalue weighted by atomic mass is 32.1. The van der Waals surface area contributed by atoms with Gasteiger partial charge in [-0.2, -0.15) is 0 Å². The fourth-order valence-corrected chi connectivity index (χ4v) is 5.45. The Morgan fingerprint density at radius 1 is 1.39 bits per heavy atom. The van der Waals surface area contributed by atoms with Gasteiger partial charge < -0.3 is 20.3 Å². The van der Waals surface area contributed by atoms with Crippen LogP contribution in [0.3, 0.4) is 0 Å². The van der Waals surface area contributed by atoms with Crippen LogP contribution in [-0.2, 0) is 16.1 Å². The van der Waals surface area contributed by atoms with Crippen LogP contribution in [0, 0.1) is 12.8 Å². The molecule has 9 heteroatoms. The van der Waals surface area contributed by atoms with Crippen molar-refractivity contribution >= 4 is 28.3 Å². The average molecular weight is 442 g/mol. The minimum Gasteiger partial charge on any atom is -0.369 e. The van der Waals surface area contributed by atoms with Crippen LogP contribution in [0.1, 0.15) is 60.1 Å². The molecule has 3 aliphatic rings. The Labute approximate surface area is 185 Å². The SMILES string of the molecule is CC(=O)Nc1nc(C)c(-c2cc3c(c([C@@H]4CNCCO4)n2)C(=O)N(C(C)C2CC2)C3)s1. The van der Waals surface area contributed by atoms with E-state index in [1.165, 1.54) is 31.1 Å². The van der Waals surface area contributed by atoms with Gasteiger partial charge in [0.05, 0.1) is 34.1 Å². The monoisotopic (exact) mass is 441 g/mol. The first kappa shape index (κ1) is 20.5. The number of hydrogen-bond donors (Lipinski definition) is 2. The van der Waals surface area contributed by atoms with Gasteiger partial charge in [-0.05, 0) is 44.2 Å². The van der Waals surface area contributed by atoms with E-state index in [1.807, 2.05) is 17.9 Å². The van der Waals surface area contributed by atoms with Crippen molar-refractivity contribution in [3.05, 3.63) is 28.6 Å². The highest BCUT2D eigenvalue weighted by Crippen LogP contribution is 2.41. The molecule has 1 saturated carbocycles. The molecule has 1 unspecified atom stereocenters. The number of thiazole rings is 1.